The molecule has 2 rings (SSSR count). The molecule has 106 valence electrons. The number of aryl methyl sites for hydroxylation is 1. The van der Waals surface area contributed by atoms with Gasteiger partial charge in [0.15, 0.2) is 0 Å². The van der Waals surface area contributed by atoms with E-state index in [1.807, 2.05) is 13.8 Å². The summed E-state index contributed by atoms with van der Waals surface area (Å²) in [5.41, 5.74) is 1.47. The Kier molecular flexibility index (Phi) is 4.40. The summed E-state index contributed by atoms with van der Waals surface area (Å²) in [5.74, 6) is 0.378. The summed E-state index contributed by atoms with van der Waals surface area (Å²) in [6.45, 7) is 5.58. The molecule has 20 heavy (non-hydrogen) atoms. The van der Waals surface area contributed by atoms with Gasteiger partial charge in [-0.2, -0.15) is 0 Å². The van der Waals surface area contributed by atoms with Crippen molar-refractivity contribution < 1.29 is 14.2 Å². The van der Waals surface area contributed by atoms with Crippen molar-refractivity contribution >= 4 is 0 Å². The summed E-state index contributed by atoms with van der Waals surface area (Å²) in [6.07, 6.45) is -0.872. The van der Waals surface area contributed by atoms with Crippen LogP contribution in [0, 0.1) is 12.7 Å². The van der Waals surface area contributed by atoms with E-state index in [1.165, 1.54) is 0 Å². The SMILES string of the molecule is Cc1cccc(C(O)c2ccc(OC(C)C)cc2)c1F. The summed E-state index contributed by atoms with van der Waals surface area (Å²) >= 11 is 0. The Morgan fingerprint density at radius 3 is 2.30 bits per heavy atom. The molecule has 1 atom stereocenters. The number of rotatable bonds is 4. The van der Waals surface area contributed by atoms with Gasteiger partial charge in [-0.15, -0.1) is 0 Å². The lowest BCUT2D eigenvalue weighted by atomic mass is 9.99. The van der Waals surface area contributed by atoms with Gasteiger partial charge in [-0.3, -0.25) is 0 Å². The van der Waals surface area contributed by atoms with Crippen molar-refractivity contribution in [2.24, 2.45) is 0 Å². The number of hydrogen-bond donors (Lipinski definition) is 1. The average Bonchev–Trinajstić information content (AvgIpc) is 2.41. The van der Waals surface area contributed by atoms with Crippen LogP contribution in [0.2, 0.25) is 0 Å². The van der Waals surface area contributed by atoms with Gasteiger partial charge in [0.1, 0.15) is 17.7 Å². The molecule has 0 heterocycles. The first-order chi connectivity index (χ1) is 9.49. The van der Waals surface area contributed by atoms with Crippen LogP contribution >= 0.6 is 0 Å². The maximum atomic E-state index is 14.0. The second kappa shape index (κ2) is 6.06. The molecule has 0 saturated heterocycles. The monoisotopic (exact) mass is 274 g/mol. The van der Waals surface area contributed by atoms with Gasteiger partial charge in [-0.25, -0.2) is 4.39 Å². The highest BCUT2D eigenvalue weighted by Crippen LogP contribution is 2.27. The minimum Gasteiger partial charge on any atom is -0.491 e. The highest BCUT2D eigenvalue weighted by molar-refractivity contribution is 5.36. The molecule has 0 bridgehead atoms. The Balaban J connectivity index is 2.25. The fourth-order valence-electron chi connectivity index (χ4n) is 2.06. The lowest BCUT2D eigenvalue weighted by molar-refractivity contribution is 0.214. The van der Waals surface area contributed by atoms with E-state index >= 15 is 0 Å². The zero-order valence-electron chi connectivity index (χ0n) is 11.9. The van der Waals surface area contributed by atoms with Crippen LogP contribution in [0.5, 0.6) is 5.75 Å². The lowest BCUT2D eigenvalue weighted by Gasteiger charge is -2.15. The van der Waals surface area contributed by atoms with Crippen molar-refractivity contribution in [1.82, 2.24) is 0 Å². The Bertz CT molecular complexity index is 576. The van der Waals surface area contributed by atoms with Crippen molar-refractivity contribution in [3.63, 3.8) is 0 Å². The second-order valence-electron chi connectivity index (χ2n) is 5.12. The van der Waals surface area contributed by atoms with Gasteiger partial charge in [0.2, 0.25) is 0 Å². The number of ether oxygens (including phenoxy) is 1. The molecule has 2 aromatic rings. The lowest BCUT2D eigenvalue weighted by Crippen LogP contribution is -2.06. The van der Waals surface area contributed by atoms with Gasteiger partial charge in [-0.1, -0.05) is 30.3 Å². The molecule has 0 saturated carbocycles. The van der Waals surface area contributed by atoms with Crippen molar-refractivity contribution in [2.75, 3.05) is 0 Å². The van der Waals surface area contributed by atoms with Crippen LogP contribution < -0.4 is 4.74 Å². The summed E-state index contributed by atoms with van der Waals surface area (Å²) in [4.78, 5) is 0. The molecule has 0 amide bonds. The molecule has 0 aliphatic rings. The van der Waals surface area contributed by atoms with E-state index < -0.39 is 6.10 Å². The zero-order chi connectivity index (χ0) is 14.7. The Morgan fingerprint density at radius 1 is 1.05 bits per heavy atom. The van der Waals surface area contributed by atoms with E-state index in [2.05, 4.69) is 0 Å². The molecule has 0 fully saturated rings. The van der Waals surface area contributed by atoms with E-state index in [0.29, 0.717) is 16.7 Å². The minimum atomic E-state index is -0.969. The molecule has 0 radical (unpaired) electrons. The standard InChI is InChI=1S/C17H19FO2/c1-11(2)20-14-9-7-13(8-10-14)17(19)15-6-4-5-12(3)16(15)18/h4-11,17,19H,1-3H3. The molecule has 2 aromatic carbocycles. The Morgan fingerprint density at radius 2 is 1.70 bits per heavy atom. The molecule has 0 aliphatic carbocycles. The smallest absolute Gasteiger partial charge is 0.132 e. The number of halogens is 1. The van der Waals surface area contributed by atoms with E-state index in [-0.39, 0.29) is 11.9 Å². The molecule has 0 aliphatic heterocycles. The molecule has 0 spiro atoms. The largest absolute Gasteiger partial charge is 0.491 e. The highest BCUT2D eigenvalue weighted by atomic mass is 19.1. The molecular weight excluding hydrogens is 255 g/mol. The molecule has 1 unspecified atom stereocenters. The third kappa shape index (κ3) is 3.17. The van der Waals surface area contributed by atoms with Crippen LogP contribution in [0.3, 0.4) is 0 Å². The summed E-state index contributed by atoms with van der Waals surface area (Å²) in [6, 6.07) is 12.1. The van der Waals surface area contributed by atoms with Crippen LogP contribution in [0.4, 0.5) is 4.39 Å². The second-order valence-corrected chi connectivity index (χ2v) is 5.12. The Labute approximate surface area is 118 Å². The number of hydrogen-bond acceptors (Lipinski definition) is 2. The van der Waals surface area contributed by atoms with Gasteiger partial charge >= 0.3 is 0 Å². The van der Waals surface area contributed by atoms with E-state index in [0.717, 1.165) is 5.75 Å². The molecule has 3 heteroatoms. The average molecular weight is 274 g/mol. The highest BCUT2D eigenvalue weighted by Gasteiger charge is 2.16. The van der Waals surface area contributed by atoms with Crippen LogP contribution in [0.1, 0.15) is 36.6 Å². The molecule has 0 aromatic heterocycles. The number of aliphatic hydroxyl groups is 1. The van der Waals surface area contributed by atoms with E-state index in [4.69, 9.17) is 4.74 Å². The van der Waals surface area contributed by atoms with Crippen molar-refractivity contribution in [3.05, 3.63) is 65.0 Å². The predicted molar refractivity (Wildman–Crippen MR) is 77.4 cm³/mol. The quantitative estimate of drug-likeness (QED) is 0.913. The topological polar surface area (TPSA) is 29.5 Å². The first kappa shape index (κ1) is 14.5. The third-order valence-corrected chi connectivity index (χ3v) is 3.08. The first-order valence-corrected chi connectivity index (χ1v) is 6.68. The van der Waals surface area contributed by atoms with Crippen molar-refractivity contribution in [2.45, 2.75) is 33.0 Å². The minimum absolute atomic E-state index is 0.0972. The first-order valence-electron chi connectivity index (χ1n) is 6.68. The predicted octanol–water partition coefficient (Wildman–Crippen LogP) is 4.00. The molecular formula is C17H19FO2. The van der Waals surface area contributed by atoms with E-state index in [1.54, 1.807) is 49.4 Å². The molecule has 2 nitrogen and oxygen atoms in total. The maximum Gasteiger partial charge on any atom is 0.132 e. The van der Waals surface area contributed by atoms with Crippen LogP contribution in [0.25, 0.3) is 0 Å². The molecule has 1 N–H and O–H groups in total. The fraction of sp³-hybridized carbons (Fsp3) is 0.294. The van der Waals surface area contributed by atoms with Crippen LogP contribution in [-0.2, 0) is 0 Å². The van der Waals surface area contributed by atoms with Gasteiger partial charge < -0.3 is 9.84 Å². The van der Waals surface area contributed by atoms with Crippen molar-refractivity contribution in [1.29, 1.82) is 0 Å². The van der Waals surface area contributed by atoms with Crippen LogP contribution in [-0.4, -0.2) is 11.2 Å². The number of aliphatic hydroxyl groups excluding tert-OH is 1. The van der Waals surface area contributed by atoms with Gasteiger partial charge in [0.05, 0.1) is 6.10 Å². The Hall–Kier alpha value is -1.87. The third-order valence-electron chi connectivity index (χ3n) is 3.08. The number of benzene rings is 2. The van der Waals surface area contributed by atoms with Gasteiger partial charge in [0.25, 0.3) is 0 Å². The summed E-state index contributed by atoms with van der Waals surface area (Å²) in [7, 11) is 0. The normalized spacial score (nSPS) is 12.5. The summed E-state index contributed by atoms with van der Waals surface area (Å²) < 4.78 is 19.5. The fourth-order valence-corrected chi connectivity index (χ4v) is 2.06. The van der Waals surface area contributed by atoms with Gasteiger partial charge in [0, 0.05) is 5.56 Å². The summed E-state index contributed by atoms with van der Waals surface area (Å²) in [5, 5.41) is 10.3. The zero-order valence-corrected chi connectivity index (χ0v) is 11.9. The van der Waals surface area contributed by atoms with Crippen LogP contribution in [0.15, 0.2) is 42.5 Å². The van der Waals surface area contributed by atoms with Gasteiger partial charge in [-0.05, 0) is 44.0 Å². The van der Waals surface area contributed by atoms with E-state index in [9.17, 15) is 9.50 Å². The van der Waals surface area contributed by atoms with Crippen molar-refractivity contribution in [3.8, 4) is 5.75 Å². The maximum absolute atomic E-state index is 14.0.